The highest BCUT2D eigenvalue weighted by atomic mass is 35.5. The van der Waals surface area contributed by atoms with E-state index in [9.17, 15) is 18.0 Å². The van der Waals surface area contributed by atoms with E-state index in [0.717, 1.165) is 29.6 Å². The maximum atomic E-state index is 13.8. The molecule has 2 N–H and O–H groups in total. The third kappa shape index (κ3) is 5.76. The van der Waals surface area contributed by atoms with Gasteiger partial charge in [0.05, 0.1) is 46.5 Å². The first-order valence-electron chi connectivity index (χ1n) is 14.2. The fourth-order valence-corrected chi connectivity index (χ4v) is 6.78. The van der Waals surface area contributed by atoms with Crippen LogP contribution in [0.15, 0.2) is 47.4 Å². The van der Waals surface area contributed by atoms with E-state index in [1.54, 1.807) is 29.9 Å². The van der Waals surface area contributed by atoms with Gasteiger partial charge in [0.15, 0.2) is 5.69 Å². The Hall–Kier alpha value is -4.74. The molecular weight excluding hydrogens is 618 g/mol. The van der Waals surface area contributed by atoms with Gasteiger partial charge in [-0.3, -0.25) is 14.2 Å². The van der Waals surface area contributed by atoms with Crippen molar-refractivity contribution in [2.75, 3.05) is 34.5 Å². The van der Waals surface area contributed by atoms with Gasteiger partial charge >= 0.3 is 0 Å². The van der Waals surface area contributed by atoms with E-state index < -0.39 is 22.0 Å². The summed E-state index contributed by atoms with van der Waals surface area (Å²) in [6, 6.07) is 12.3. The molecule has 6 rings (SSSR count). The van der Waals surface area contributed by atoms with E-state index in [1.165, 1.54) is 6.07 Å². The van der Waals surface area contributed by atoms with Crippen molar-refractivity contribution >= 4 is 55.9 Å². The molecule has 0 saturated carbocycles. The Labute approximate surface area is 264 Å². The van der Waals surface area contributed by atoms with Crippen molar-refractivity contribution in [2.24, 2.45) is 7.05 Å². The Balaban J connectivity index is 1.34. The molecule has 2 bridgehead atoms. The summed E-state index contributed by atoms with van der Waals surface area (Å²) in [5.74, 6) is 0.457. The number of rotatable bonds is 7. The molecule has 0 spiro atoms. The molecule has 2 aliphatic heterocycles. The van der Waals surface area contributed by atoms with Gasteiger partial charge in [0.25, 0.3) is 11.5 Å². The summed E-state index contributed by atoms with van der Waals surface area (Å²) < 4.78 is 27.0. The third-order valence-electron chi connectivity index (χ3n) is 8.19. The molecule has 13 nitrogen and oxygen atoms in total. The van der Waals surface area contributed by atoms with Crippen molar-refractivity contribution in [2.45, 2.75) is 38.4 Å². The zero-order valence-electron chi connectivity index (χ0n) is 24.9. The van der Waals surface area contributed by atoms with Crippen LogP contribution in [0.25, 0.3) is 10.9 Å². The van der Waals surface area contributed by atoms with Crippen LogP contribution < -0.4 is 25.4 Å². The molecule has 3 atom stereocenters. The Bertz CT molecular complexity index is 2060. The molecule has 1 amide bonds. The van der Waals surface area contributed by atoms with Gasteiger partial charge in [-0.2, -0.15) is 5.26 Å². The normalized spacial score (nSPS) is 18.2. The smallest absolute Gasteiger partial charge is 0.285 e. The van der Waals surface area contributed by atoms with Crippen molar-refractivity contribution in [1.29, 1.82) is 5.26 Å². The van der Waals surface area contributed by atoms with E-state index in [2.05, 4.69) is 31.2 Å². The fraction of sp³-hybridized carbons (Fsp3) is 0.333. The number of aryl methyl sites for hydroxylation is 1. The highest BCUT2D eigenvalue weighted by Gasteiger charge is 2.45. The summed E-state index contributed by atoms with van der Waals surface area (Å²) in [6.07, 6.45) is 3.34. The first-order valence-corrected chi connectivity index (χ1v) is 16.5. The molecule has 1 unspecified atom stereocenters. The lowest BCUT2D eigenvalue weighted by atomic mass is 10.0. The zero-order chi connectivity index (χ0) is 32.2. The van der Waals surface area contributed by atoms with Crippen molar-refractivity contribution in [3.8, 4) is 6.07 Å². The van der Waals surface area contributed by atoms with Gasteiger partial charge in [-0.05, 0) is 56.2 Å². The number of fused-ring (bicyclic) bond motifs is 3. The lowest BCUT2D eigenvalue weighted by molar-refractivity contribution is 0.0977. The predicted molar refractivity (Wildman–Crippen MR) is 171 cm³/mol. The third-order valence-corrected chi connectivity index (χ3v) is 8.96. The van der Waals surface area contributed by atoms with Gasteiger partial charge in [-0.1, -0.05) is 17.7 Å². The fourth-order valence-electron chi connectivity index (χ4n) is 6.20. The number of sulfonamides is 1. The summed E-state index contributed by atoms with van der Waals surface area (Å²) in [7, 11) is -2.12. The maximum Gasteiger partial charge on any atom is 0.285 e. The van der Waals surface area contributed by atoms with Crippen molar-refractivity contribution in [3.63, 3.8) is 0 Å². The summed E-state index contributed by atoms with van der Waals surface area (Å²) in [6.45, 7) is 5.11. The molecule has 4 aromatic rings. The average Bonchev–Trinajstić information content (AvgIpc) is 3.60. The SMILES string of the molecule is Cc1cc([C@@H](C)Nc2ccc(Cl)nc2C(=O)NS(C)(=O)=O)c2nc(N3CC4C[C@@H]3CN4c3ccc(C#N)cn3)n(C)c(=O)c2c1. The minimum absolute atomic E-state index is 0.0242. The van der Waals surface area contributed by atoms with Gasteiger partial charge in [-0.15, -0.1) is 0 Å². The number of halogens is 1. The molecular formula is C30H30ClN9O4S. The van der Waals surface area contributed by atoms with Gasteiger partial charge in [0, 0.05) is 31.9 Å². The van der Waals surface area contributed by atoms with Crippen LogP contribution in [-0.2, 0) is 17.1 Å². The second-order valence-corrected chi connectivity index (χ2v) is 13.6. The van der Waals surface area contributed by atoms with E-state index in [0.29, 0.717) is 35.5 Å². The second-order valence-electron chi connectivity index (χ2n) is 11.5. The number of hydrogen-bond donors (Lipinski definition) is 2. The number of aromatic nitrogens is 4. The molecule has 0 aliphatic carbocycles. The number of benzene rings is 1. The van der Waals surface area contributed by atoms with Crippen LogP contribution in [0.3, 0.4) is 0 Å². The number of anilines is 3. The summed E-state index contributed by atoms with van der Waals surface area (Å²) in [4.78, 5) is 44.5. The van der Waals surface area contributed by atoms with Crippen molar-refractivity contribution in [3.05, 3.63) is 80.5 Å². The van der Waals surface area contributed by atoms with Crippen molar-refractivity contribution in [1.82, 2.24) is 24.2 Å². The zero-order valence-corrected chi connectivity index (χ0v) is 26.5. The van der Waals surface area contributed by atoms with Crippen LogP contribution in [0.5, 0.6) is 0 Å². The minimum atomic E-state index is -3.84. The summed E-state index contributed by atoms with van der Waals surface area (Å²) in [5, 5.41) is 12.8. The van der Waals surface area contributed by atoms with E-state index in [1.807, 2.05) is 36.8 Å². The molecule has 1 aromatic carbocycles. The molecule has 2 aliphatic rings. The molecule has 0 radical (unpaired) electrons. The van der Waals surface area contributed by atoms with Crippen molar-refractivity contribution < 1.29 is 13.2 Å². The Kier molecular flexibility index (Phi) is 7.62. The van der Waals surface area contributed by atoms with Gasteiger partial charge < -0.3 is 15.1 Å². The number of hydrogen-bond acceptors (Lipinski definition) is 11. The number of carbonyl (C=O) groups is 1. The van der Waals surface area contributed by atoms with Gasteiger partial charge in [0.2, 0.25) is 16.0 Å². The van der Waals surface area contributed by atoms with Crippen LogP contribution >= 0.6 is 11.6 Å². The number of nitrogens with one attached hydrogen (secondary N) is 2. The number of amides is 1. The maximum absolute atomic E-state index is 13.8. The topological polar surface area (TPSA) is 166 Å². The standard InChI is InChI=1S/C30H30ClN9O4S/c1-16-9-21(17(2)34-23-6-7-24(31)35-27(23)28(41)37-45(4,43)44)26-22(10-16)29(42)38(3)30(36-26)40-15-19-11-20(40)14-39(19)25-8-5-18(12-32)13-33-25/h5-10,13,17,19-20,34H,11,14-15H2,1-4H3,(H,37,41)/t17-,19?,20-/m1/s1. The van der Waals surface area contributed by atoms with E-state index in [-0.39, 0.29) is 34.2 Å². The molecule has 3 aromatic heterocycles. The highest BCUT2D eigenvalue weighted by Crippen LogP contribution is 2.37. The number of piperazine rings is 1. The second kappa shape index (κ2) is 11.3. The highest BCUT2D eigenvalue weighted by molar-refractivity contribution is 7.89. The summed E-state index contributed by atoms with van der Waals surface area (Å²) in [5.41, 5.74) is 2.51. The predicted octanol–water partition coefficient (Wildman–Crippen LogP) is 2.89. The van der Waals surface area contributed by atoms with Crippen LogP contribution in [0.1, 0.15) is 46.6 Å². The molecule has 232 valence electrons. The number of nitrogens with zero attached hydrogens (tertiary/aromatic N) is 7. The van der Waals surface area contributed by atoms with Gasteiger partial charge in [0.1, 0.15) is 17.0 Å². The van der Waals surface area contributed by atoms with Crippen LogP contribution in [0.4, 0.5) is 17.5 Å². The first-order chi connectivity index (χ1) is 21.3. The summed E-state index contributed by atoms with van der Waals surface area (Å²) >= 11 is 6.04. The average molecular weight is 648 g/mol. The molecule has 2 fully saturated rings. The Morgan fingerprint density at radius 3 is 2.51 bits per heavy atom. The molecule has 2 saturated heterocycles. The van der Waals surface area contributed by atoms with E-state index >= 15 is 0 Å². The Morgan fingerprint density at radius 1 is 1.13 bits per heavy atom. The van der Waals surface area contributed by atoms with Crippen LogP contribution in [0.2, 0.25) is 5.15 Å². The molecule has 5 heterocycles. The number of pyridine rings is 2. The van der Waals surface area contributed by atoms with Crippen LogP contribution in [0, 0.1) is 18.3 Å². The quantitative estimate of drug-likeness (QED) is 0.283. The minimum Gasteiger partial charge on any atom is -0.377 e. The number of nitriles is 1. The van der Waals surface area contributed by atoms with Crippen LogP contribution in [-0.4, -0.2) is 65.3 Å². The lowest BCUT2D eigenvalue weighted by Crippen LogP contribution is -2.48. The lowest BCUT2D eigenvalue weighted by Gasteiger charge is -2.36. The van der Waals surface area contributed by atoms with E-state index in [4.69, 9.17) is 21.8 Å². The largest absolute Gasteiger partial charge is 0.377 e. The number of carbonyl (C=O) groups excluding carboxylic acids is 1. The monoisotopic (exact) mass is 647 g/mol. The van der Waals surface area contributed by atoms with Gasteiger partial charge in [-0.25, -0.2) is 28.1 Å². The molecule has 15 heteroatoms. The molecule has 45 heavy (non-hydrogen) atoms. The first kappa shape index (κ1) is 30.3. The Morgan fingerprint density at radius 2 is 1.87 bits per heavy atom.